The van der Waals surface area contributed by atoms with E-state index in [1.807, 2.05) is 42.5 Å². The summed E-state index contributed by atoms with van der Waals surface area (Å²) in [6.45, 7) is 0.574. The molecule has 0 bridgehead atoms. The number of amidine groups is 1. The zero-order chi connectivity index (χ0) is 19.5. The van der Waals surface area contributed by atoms with E-state index in [1.165, 1.54) is 5.01 Å². The van der Waals surface area contributed by atoms with Crippen LogP contribution in [0.25, 0.3) is 0 Å². The van der Waals surface area contributed by atoms with Crippen LogP contribution in [0.3, 0.4) is 0 Å². The molecule has 0 spiro atoms. The second kappa shape index (κ2) is 7.81. The Hall–Kier alpha value is -3.20. The minimum absolute atomic E-state index is 0.0348. The number of hydrazine groups is 1. The average molecular weight is 441 g/mol. The molecule has 0 saturated carbocycles. The van der Waals surface area contributed by atoms with E-state index in [9.17, 15) is 9.59 Å². The minimum atomic E-state index is -0.592. The van der Waals surface area contributed by atoms with Crippen LogP contribution in [0, 0.1) is 5.92 Å². The standard InChI is InChI=1S/C19H17BrN6O2/c20-14-6-8-15(9-7-14)23-19(28)24-26-12-21-17-16(18(26)27)10-22-25(17)11-13-4-2-1-3-5-13/h1-10,16H,11-12H2,(H2,23,24,28). The molecule has 2 aromatic carbocycles. The third kappa shape index (κ3) is 3.89. The summed E-state index contributed by atoms with van der Waals surface area (Å²) in [7, 11) is 0. The van der Waals surface area contributed by atoms with Gasteiger partial charge in [0.1, 0.15) is 18.4 Å². The molecule has 142 valence electrons. The summed E-state index contributed by atoms with van der Waals surface area (Å²) in [6, 6.07) is 16.5. The third-order valence-electron chi connectivity index (χ3n) is 4.32. The van der Waals surface area contributed by atoms with E-state index in [0.29, 0.717) is 18.1 Å². The van der Waals surface area contributed by atoms with Crippen molar-refractivity contribution in [3.8, 4) is 0 Å². The molecule has 0 aromatic heterocycles. The molecule has 2 heterocycles. The van der Waals surface area contributed by atoms with E-state index in [4.69, 9.17) is 0 Å². The molecule has 0 fully saturated rings. The molecule has 2 aliphatic heterocycles. The lowest BCUT2D eigenvalue weighted by Gasteiger charge is -2.29. The van der Waals surface area contributed by atoms with E-state index < -0.39 is 11.9 Å². The van der Waals surface area contributed by atoms with Gasteiger partial charge in [0.25, 0.3) is 5.91 Å². The number of nitrogens with one attached hydrogen (secondary N) is 2. The van der Waals surface area contributed by atoms with Gasteiger partial charge in [-0.15, -0.1) is 0 Å². The molecule has 2 aromatic rings. The number of carbonyl (C=O) groups is 2. The predicted molar refractivity (Wildman–Crippen MR) is 109 cm³/mol. The molecular weight excluding hydrogens is 424 g/mol. The van der Waals surface area contributed by atoms with Gasteiger partial charge in [0, 0.05) is 16.4 Å². The number of benzene rings is 2. The maximum absolute atomic E-state index is 12.7. The highest BCUT2D eigenvalue weighted by atomic mass is 79.9. The van der Waals surface area contributed by atoms with Crippen molar-refractivity contribution in [2.24, 2.45) is 16.0 Å². The number of amides is 3. The molecule has 2 aliphatic rings. The molecule has 9 heteroatoms. The number of fused-ring (bicyclic) bond motifs is 1. The Bertz CT molecular complexity index is 945. The summed E-state index contributed by atoms with van der Waals surface area (Å²) in [5.41, 5.74) is 4.23. The van der Waals surface area contributed by atoms with E-state index in [1.54, 1.807) is 23.4 Å². The van der Waals surface area contributed by atoms with Crippen molar-refractivity contribution >= 4 is 45.6 Å². The first kappa shape index (κ1) is 18.2. The first-order valence-electron chi connectivity index (χ1n) is 8.64. The molecule has 0 saturated heterocycles. The maximum Gasteiger partial charge on any atom is 0.338 e. The normalized spacial score (nSPS) is 18.0. The van der Waals surface area contributed by atoms with Gasteiger partial charge >= 0.3 is 6.03 Å². The Balaban J connectivity index is 1.39. The van der Waals surface area contributed by atoms with Crippen LogP contribution in [-0.2, 0) is 11.3 Å². The molecule has 0 aliphatic carbocycles. The Kier molecular flexibility index (Phi) is 5.07. The van der Waals surface area contributed by atoms with Crippen molar-refractivity contribution in [3.63, 3.8) is 0 Å². The number of hydrazone groups is 1. The van der Waals surface area contributed by atoms with Crippen molar-refractivity contribution in [2.75, 3.05) is 12.0 Å². The van der Waals surface area contributed by atoms with Gasteiger partial charge in [-0.25, -0.2) is 25.2 Å². The number of hydrogen-bond donors (Lipinski definition) is 2. The quantitative estimate of drug-likeness (QED) is 0.765. The van der Waals surface area contributed by atoms with Gasteiger partial charge in [0.05, 0.1) is 6.54 Å². The van der Waals surface area contributed by atoms with Crippen LogP contribution >= 0.6 is 15.9 Å². The number of carbonyl (C=O) groups excluding carboxylic acids is 2. The predicted octanol–water partition coefficient (Wildman–Crippen LogP) is 2.80. The number of urea groups is 1. The second-order valence-corrected chi connectivity index (χ2v) is 7.20. The SMILES string of the molecule is O=C(Nc1ccc(Br)cc1)NN1CN=C2C(C=NN2Cc2ccccc2)C1=O. The fourth-order valence-electron chi connectivity index (χ4n) is 2.95. The van der Waals surface area contributed by atoms with Gasteiger partial charge in [-0.05, 0) is 29.8 Å². The van der Waals surface area contributed by atoms with Gasteiger partial charge in [-0.1, -0.05) is 46.3 Å². The highest BCUT2D eigenvalue weighted by Crippen LogP contribution is 2.21. The Morgan fingerprint density at radius 3 is 2.64 bits per heavy atom. The summed E-state index contributed by atoms with van der Waals surface area (Å²) < 4.78 is 0.909. The zero-order valence-corrected chi connectivity index (χ0v) is 16.3. The molecule has 8 nitrogen and oxygen atoms in total. The van der Waals surface area contributed by atoms with Crippen LogP contribution in [0.2, 0.25) is 0 Å². The van der Waals surface area contributed by atoms with E-state index in [2.05, 4.69) is 36.8 Å². The minimum Gasteiger partial charge on any atom is -0.307 e. The van der Waals surface area contributed by atoms with Crippen molar-refractivity contribution in [1.82, 2.24) is 15.4 Å². The average Bonchev–Trinajstić information content (AvgIpc) is 3.10. The van der Waals surface area contributed by atoms with Crippen LogP contribution in [0.15, 0.2) is 69.2 Å². The largest absolute Gasteiger partial charge is 0.338 e. The van der Waals surface area contributed by atoms with E-state index in [-0.39, 0.29) is 12.6 Å². The van der Waals surface area contributed by atoms with Crippen LogP contribution < -0.4 is 10.7 Å². The topological polar surface area (TPSA) is 89.4 Å². The first-order chi connectivity index (χ1) is 13.6. The molecular formula is C19H17BrN6O2. The first-order valence-corrected chi connectivity index (χ1v) is 9.44. The van der Waals surface area contributed by atoms with Gasteiger partial charge < -0.3 is 5.32 Å². The summed E-state index contributed by atoms with van der Waals surface area (Å²) in [6.07, 6.45) is 1.56. The lowest BCUT2D eigenvalue weighted by molar-refractivity contribution is -0.134. The maximum atomic E-state index is 12.7. The Morgan fingerprint density at radius 2 is 1.89 bits per heavy atom. The molecule has 4 rings (SSSR count). The molecule has 3 amide bonds. The zero-order valence-electron chi connectivity index (χ0n) is 14.7. The Morgan fingerprint density at radius 1 is 1.14 bits per heavy atom. The smallest absolute Gasteiger partial charge is 0.307 e. The monoisotopic (exact) mass is 440 g/mol. The summed E-state index contributed by atoms with van der Waals surface area (Å²) in [5, 5.41) is 9.91. The highest BCUT2D eigenvalue weighted by Gasteiger charge is 2.38. The van der Waals surface area contributed by atoms with Crippen LogP contribution in [0.4, 0.5) is 10.5 Å². The summed E-state index contributed by atoms with van der Waals surface area (Å²) in [5.74, 6) is -0.263. The summed E-state index contributed by atoms with van der Waals surface area (Å²) in [4.78, 5) is 29.4. The van der Waals surface area contributed by atoms with Crippen LogP contribution in [-0.4, -0.2) is 40.7 Å². The van der Waals surface area contributed by atoms with E-state index >= 15 is 0 Å². The van der Waals surface area contributed by atoms with Gasteiger partial charge in [0.2, 0.25) is 0 Å². The van der Waals surface area contributed by atoms with E-state index in [0.717, 1.165) is 10.0 Å². The fraction of sp³-hybridized carbons (Fsp3) is 0.158. The fourth-order valence-corrected chi connectivity index (χ4v) is 3.22. The number of rotatable bonds is 4. The molecule has 1 atom stereocenters. The van der Waals surface area contributed by atoms with Crippen molar-refractivity contribution in [1.29, 1.82) is 0 Å². The number of halogens is 1. The number of hydrogen-bond acceptors (Lipinski definition) is 5. The molecule has 0 radical (unpaired) electrons. The van der Waals surface area contributed by atoms with Gasteiger partial charge in [0.15, 0.2) is 0 Å². The lowest BCUT2D eigenvalue weighted by atomic mass is 10.1. The van der Waals surface area contributed by atoms with Gasteiger partial charge in [-0.2, -0.15) is 5.10 Å². The summed E-state index contributed by atoms with van der Waals surface area (Å²) >= 11 is 3.34. The highest BCUT2D eigenvalue weighted by molar-refractivity contribution is 9.10. The van der Waals surface area contributed by atoms with Crippen molar-refractivity contribution < 1.29 is 9.59 Å². The molecule has 1 unspecified atom stereocenters. The number of nitrogens with zero attached hydrogens (tertiary/aromatic N) is 4. The number of aliphatic imine (C=N–C) groups is 1. The molecule has 28 heavy (non-hydrogen) atoms. The second-order valence-electron chi connectivity index (χ2n) is 6.28. The number of anilines is 1. The lowest BCUT2D eigenvalue weighted by Crippen LogP contribution is -2.54. The van der Waals surface area contributed by atoms with Crippen molar-refractivity contribution in [3.05, 3.63) is 64.6 Å². The third-order valence-corrected chi connectivity index (χ3v) is 4.85. The molecule has 2 N–H and O–H groups in total. The van der Waals surface area contributed by atoms with Crippen molar-refractivity contribution in [2.45, 2.75) is 6.54 Å². The van der Waals surface area contributed by atoms with Gasteiger partial charge in [-0.3, -0.25) is 4.79 Å². The van der Waals surface area contributed by atoms with Crippen LogP contribution in [0.5, 0.6) is 0 Å². The Labute approximate surface area is 170 Å². The van der Waals surface area contributed by atoms with Crippen LogP contribution in [0.1, 0.15) is 5.56 Å².